The Bertz CT molecular complexity index is 147. The second-order valence-electron chi connectivity index (χ2n) is 3.85. The van der Waals surface area contributed by atoms with Crippen LogP contribution in [0.3, 0.4) is 0 Å². The fourth-order valence-corrected chi connectivity index (χ4v) is 2.45. The third kappa shape index (κ3) is 4.31. The summed E-state index contributed by atoms with van der Waals surface area (Å²) in [6.07, 6.45) is 2.74. The van der Waals surface area contributed by atoms with Gasteiger partial charge < -0.3 is 15.6 Å². The largest absolute Gasteiger partial charge is 0.388 e. The molecule has 1 saturated heterocycles. The average Bonchev–Trinajstić information content (AvgIpc) is 2.57. The molecule has 78 valence electrons. The van der Waals surface area contributed by atoms with E-state index in [-0.39, 0.29) is 0 Å². The standard InChI is InChI=1S/C9H19NO2S/c1-9(11,6-10)7-13-5-8-3-2-4-12-8/h8,11H,2-7,10H2,1H3. The van der Waals surface area contributed by atoms with Gasteiger partial charge in [0, 0.05) is 24.7 Å². The van der Waals surface area contributed by atoms with Gasteiger partial charge in [-0.25, -0.2) is 0 Å². The number of hydrogen-bond donors (Lipinski definition) is 2. The van der Waals surface area contributed by atoms with Crippen LogP contribution in [0, 0.1) is 0 Å². The van der Waals surface area contributed by atoms with Gasteiger partial charge in [-0.05, 0) is 19.8 Å². The van der Waals surface area contributed by atoms with E-state index in [1.54, 1.807) is 18.7 Å². The first-order valence-corrected chi connectivity index (χ1v) is 5.91. The van der Waals surface area contributed by atoms with Crippen LogP contribution in [0.2, 0.25) is 0 Å². The first-order chi connectivity index (χ1) is 6.14. The van der Waals surface area contributed by atoms with Crippen LogP contribution in [-0.4, -0.2) is 41.5 Å². The van der Waals surface area contributed by atoms with Gasteiger partial charge in [-0.1, -0.05) is 0 Å². The maximum absolute atomic E-state index is 9.61. The third-order valence-electron chi connectivity index (χ3n) is 2.18. The molecule has 0 aromatic carbocycles. The minimum absolute atomic E-state index is 0.325. The van der Waals surface area contributed by atoms with E-state index in [0.29, 0.717) is 18.4 Å². The predicted molar refractivity (Wildman–Crippen MR) is 56.0 cm³/mol. The Kier molecular flexibility index (Phi) is 4.52. The lowest BCUT2D eigenvalue weighted by atomic mass is 10.1. The number of rotatable bonds is 5. The number of aliphatic hydroxyl groups is 1. The van der Waals surface area contributed by atoms with Crippen molar-refractivity contribution in [3.05, 3.63) is 0 Å². The lowest BCUT2D eigenvalue weighted by Gasteiger charge is -2.21. The summed E-state index contributed by atoms with van der Waals surface area (Å²) in [4.78, 5) is 0. The highest BCUT2D eigenvalue weighted by molar-refractivity contribution is 7.99. The van der Waals surface area contributed by atoms with E-state index in [9.17, 15) is 5.11 Å². The highest BCUT2D eigenvalue weighted by Gasteiger charge is 2.20. The quantitative estimate of drug-likeness (QED) is 0.690. The summed E-state index contributed by atoms with van der Waals surface area (Å²) in [7, 11) is 0. The van der Waals surface area contributed by atoms with Crippen molar-refractivity contribution in [2.24, 2.45) is 5.73 Å². The molecule has 3 N–H and O–H groups in total. The summed E-state index contributed by atoms with van der Waals surface area (Å²) in [5.41, 5.74) is 4.69. The minimum atomic E-state index is -0.719. The SMILES string of the molecule is CC(O)(CN)CSCC1CCCO1. The first-order valence-electron chi connectivity index (χ1n) is 4.76. The molecule has 0 aromatic heterocycles. The van der Waals surface area contributed by atoms with Gasteiger partial charge in [-0.15, -0.1) is 0 Å². The van der Waals surface area contributed by atoms with Crippen LogP contribution in [0.25, 0.3) is 0 Å². The fraction of sp³-hybridized carbons (Fsp3) is 1.00. The molecular weight excluding hydrogens is 186 g/mol. The molecule has 0 saturated carbocycles. The van der Waals surface area contributed by atoms with Crippen LogP contribution >= 0.6 is 11.8 Å². The summed E-state index contributed by atoms with van der Waals surface area (Å²) in [6, 6.07) is 0. The minimum Gasteiger partial charge on any atom is -0.388 e. The van der Waals surface area contributed by atoms with E-state index >= 15 is 0 Å². The molecule has 0 bridgehead atoms. The zero-order chi connectivity index (χ0) is 9.73. The van der Waals surface area contributed by atoms with E-state index in [2.05, 4.69) is 0 Å². The van der Waals surface area contributed by atoms with Crippen molar-refractivity contribution in [2.45, 2.75) is 31.5 Å². The average molecular weight is 205 g/mol. The van der Waals surface area contributed by atoms with Gasteiger partial charge in [0.05, 0.1) is 11.7 Å². The van der Waals surface area contributed by atoms with Gasteiger partial charge in [-0.2, -0.15) is 11.8 Å². The van der Waals surface area contributed by atoms with Gasteiger partial charge in [0.15, 0.2) is 0 Å². The molecule has 4 heteroatoms. The van der Waals surface area contributed by atoms with E-state index in [1.807, 2.05) is 0 Å². The van der Waals surface area contributed by atoms with Crippen molar-refractivity contribution in [2.75, 3.05) is 24.7 Å². The number of nitrogens with two attached hydrogens (primary N) is 1. The molecule has 0 aliphatic carbocycles. The van der Waals surface area contributed by atoms with Crippen LogP contribution in [-0.2, 0) is 4.74 Å². The molecule has 0 aromatic rings. The maximum Gasteiger partial charge on any atom is 0.0831 e. The third-order valence-corrected chi connectivity index (χ3v) is 3.61. The number of hydrogen-bond acceptors (Lipinski definition) is 4. The zero-order valence-corrected chi connectivity index (χ0v) is 8.98. The van der Waals surface area contributed by atoms with Gasteiger partial charge in [0.2, 0.25) is 0 Å². The molecular formula is C9H19NO2S. The van der Waals surface area contributed by atoms with Crippen molar-refractivity contribution in [3.63, 3.8) is 0 Å². The van der Waals surface area contributed by atoms with Crippen LogP contribution in [0.1, 0.15) is 19.8 Å². The Hall–Kier alpha value is 0.230. The van der Waals surface area contributed by atoms with Crippen LogP contribution in [0.4, 0.5) is 0 Å². The zero-order valence-electron chi connectivity index (χ0n) is 8.16. The highest BCUT2D eigenvalue weighted by atomic mass is 32.2. The monoisotopic (exact) mass is 205 g/mol. The first kappa shape index (κ1) is 11.3. The van der Waals surface area contributed by atoms with Crippen molar-refractivity contribution < 1.29 is 9.84 Å². The maximum atomic E-state index is 9.61. The summed E-state index contributed by atoms with van der Waals surface area (Å²) >= 11 is 1.73. The van der Waals surface area contributed by atoms with E-state index in [1.165, 1.54) is 6.42 Å². The molecule has 3 nitrogen and oxygen atoms in total. The highest BCUT2D eigenvalue weighted by Crippen LogP contribution is 2.19. The van der Waals surface area contributed by atoms with Crippen LogP contribution < -0.4 is 5.73 Å². The molecule has 2 unspecified atom stereocenters. The van der Waals surface area contributed by atoms with Gasteiger partial charge in [-0.3, -0.25) is 0 Å². The Balaban J connectivity index is 2.06. The molecule has 1 heterocycles. The van der Waals surface area contributed by atoms with Crippen molar-refractivity contribution >= 4 is 11.8 Å². The molecule has 1 fully saturated rings. The molecule has 1 rings (SSSR count). The fourth-order valence-electron chi connectivity index (χ4n) is 1.24. The van der Waals surface area contributed by atoms with Gasteiger partial charge >= 0.3 is 0 Å². The van der Waals surface area contributed by atoms with Gasteiger partial charge in [0.1, 0.15) is 0 Å². The molecule has 0 spiro atoms. The van der Waals surface area contributed by atoms with Crippen molar-refractivity contribution in [1.29, 1.82) is 0 Å². The molecule has 2 atom stereocenters. The second kappa shape index (κ2) is 5.20. The summed E-state index contributed by atoms with van der Waals surface area (Å²) < 4.78 is 5.47. The Morgan fingerprint density at radius 1 is 1.69 bits per heavy atom. The van der Waals surface area contributed by atoms with E-state index in [0.717, 1.165) is 18.8 Å². The molecule has 1 aliphatic heterocycles. The normalized spacial score (nSPS) is 27.5. The van der Waals surface area contributed by atoms with E-state index in [4.69, 9.17) is 10.5 Å². The number of ether oxygens (including phenoxy) is 1. The second-order valence-corrected chi connectivity index (χ2v) is 4.88. The van der Waals surface area contributed by atoms with Crippen LogP contribution in [0.15, 0.2) is 0 Å². The predicted octanol–water partition coefficient (Wildman–Crippen LogP) is 0.608. The Labute approximate surface area is 84.0 Å². The van der Waals surface area contributed by atoms with Crippen molar-refractivity contribution in [1.82, 2.24) is 0 Å². The summed E-state index contributed by atoms with van der Waals surface area (Å²) in [5, 5.41) is 9.61. The van der Waals surface area contributed by atoms with E-state index < -0.39 is 5.60 Å². The summed E-state index contributed by atoms with van der Waals surface area (Å²) in [5.74, 6) is 1.68. The summed E-state index contributed by atoms with van der Waals surface area (Å²) in [6.45, 7) is 3.00. The lowest BCUT2D eigenvalue weighted by molar-refractivity contribution is 0.0944. The molecule has 13 heavy (non-hydrogen) atoms. The molecule has 0 radical (unpaired) electrons. The topological polar surface area (TPSA) is 55.5 Å². The lowest BCUT2D eigenvalue weighted by Crippen LogP contribution is -2.37. The smallest absolute Gasteiger partial charge is 0.0831 e. The molecule has 1 aliphatic rings. The van der Waals surface area contributed by atoms with Gasteiger partial charge in [0.25, 0.3) is 0 Å². The van der Waals surface area contributed by atoms with Crippen molar-refractivity contribution in [3.8, 4) is 0 Å². The Morgan fingerprint density at radius 3 is 3.00 bits per heavy atom. The molecule has 0 amide bonds. The number of thioether (sulfide) groups is 1. The van der Waals surface area contributed by atoms with Crippen LogP contribution in [0.5, 0.6) is 0 Å². The Morgan fingerprint density at radius 2 is 2.46 bits per heavy atom.